The van der Waals surface area contributed by atoms with E-state index in [1.165, 1.54) is 6.20 Å². The van der Waals surface area contributed by atoms with E-state index in [1.54, 1.807) is 0 Å². The predicted molar refractivity (Wildman–Crippen MR) is 60.4 cm³/mol. The molecule has 0 radical (unpaired) electrons. The Balaban J connectivity index is 2.90. The van der Waals surface area contributed by atoms with Crippen LogP contribution in [0.5, 0.6) is 0 Å². The quantitative estimate of drug-likeness (QED) is 0.669. The number of amides is 1. The highest BCUT2D eigenvalue weighted by molar-refractivity contribution is 5.86. The average molecular weight is 238 g/mol. The Morgan fingerprint density at radius 2 is 2.06 bits per heavy atom. The van der Waals surface area contributed by atoms with E-state index in [4.69, 9.17) is 10.8 Å². The summed E-state index contributed by atoms with van der Waals surface area (Å²) in [7, 11) is 0. The van der Waals surface area contributed by atoms with Crippen molar-refractivity contribution in [1.29, 1.82) is 0 Å². The Morgan fingerprint density at radius 3 is 2.53 bits per heavy atom. The number of hydrogen-bond donors (Lipinski definition) is 3. The lowest BCUT2D eigenvalue weighted by atomic mass is 10.0. The molecule has 0 saturated carbocycles. The summed E-state index contributed by atoms with van der Waals surface area (Å²) < 4.78 is 0. The minimum Gasteiger partial charge on any atom is -0.476 e. The summed E-state index contributed by atoms with van der Waals surface area (Å²) in [5.74, 6) is -1.53. The Hall–Kier alpha value is -2.18. The van der Waals surface area contributed by atoms with Gasteiger partial charge in [-0.05, 0) is 5.92 Å². The van der Waals surface area contributed by atoms with Crippen LogP contribution in [0.15, 0.2) is 12.4 Å². The molecule has 1 unspecified atom stereocenters. The summed E-state index contributed by atoms with van der Waals surface area (Å²) in [5, 5.41) is 11.5. The molecule has 0 bridgehead atoms. The molecule has 1 atom stereocenters. The molecule has 1 rings (SSSR count). The smallest absolute Gasteiger partial charge is 0.356 e. The fourth-order valence-corrected chi connectivity index (χ4v) is 1.26. The zero-order valence-corrected chi connectivity index (χ0v) is 9.54. The van der Waals surface area contributed by atoms with Crippen molar-refractivity contribution in [3.63, 3.8) is 0 Å². The number of carbonyl (C=O) groups excluding carboxylic acids is 1. The summed E-state index contributed by atoms with van der Waals surface area (Å²) in [6, 6.07) is -0.617. The van der Waals surface area contributed by atoms with Gasteiger partial charge in [0.25, 0.3) is 0 Å². The molecule has 7 nitrogen and oxygen atoms in total. The zero-order chi connectivity index (χ0) is 13.0. The third-order valence-corrected chi connectivity index (χ3v) is 2.13. The maximum absolute atomic E-state index is 11.2. The van der Waals surface area contributed by atoms with E-state index in [9.17, 15) is 9.59 Å². The van der Waals surface area contributed by atoms with E-state index in [-0.39, 0.29) is 17.4 Å². The number of hydrogen-bond acceptors (Lipinski definition) is 5. The number of anilines is 1. The van der Waals surface area contributed by atoms with Crippen molar-refractivity contribution in [2.75, 3.05) is 5.32 Å². The minimum absolute atomic E-state index is 0.0391. The first kappa shape index (κ1) is 12.9. The number of carboxylic acid groups (broad SMARTS) is 1. The second-order valence-corrected chi connectivity index (χ2v) is 3.86. The van der Waals surface area contributed by atoms with Gasteiger partial charge in [0, 0.05) is 0 Å². The van der Waals surface area contributed by atoms with Gasteiger partial charge >= 0.3 is 5.97 Å². The maximum atomic E-state index is 11.2. The van der Waals surface area contributed by atoms with Crippen molar-refractivity contribution in [3.05, 3.63) is 18.1 Å². The number of nitrogens with two attached hydrogens (primary N) is 1. The molecule has 17 heavy (non-hydrogen) atoms. The highest BCUT2D eigenvalue weighted by Gasteiger charge is 2.20. The van der Waals surface area contributed by atoms with Crippen molar-refractivity contribution >= 4 is 17.7 Å². The van der Waals surface area contributed by atoms with Crippen LogP contribution in [0.2, 0.25) is 0 Å². The summed E-state index contributed by atoms with van der Waals surface area (Å²) in [4.78, 5) is 29.4. The highest BCUT2D eigenvalue weighted by atomic mass is 16.4. The first-order chi connectivity index (χ1) is 7.91. The first-order valence-corrected chi connectivity index (χ1v) is 5.03. The summed E-state index contributed by atoms with van der Waals surface area (Å²) in [5.41, 5.74) is 5.02. The number of aromatic nitrogens is 2. The number of carbonyl (C=O) groups is 2. The maximum Gasteiger partial charge on any atom is 0.356 e. The van der Waals surface area contributed by atoms with Gasteiger partial charge in [-0.15, -0.1) is 0 Å². The lowest BCUT2D eigenvalue weighted by Gasteiger charge is -2.19. The Labute approximate surface area is 98.1 Å². The number of nitrogens with zero attached hydrogens (tertiary/aromatic N) is 2. The van der Waals surface area contributed by atoms with Crippen molar-refractivity contribution in [2.45, 2.75) is 19.9 Å². The van der Waals surface area contributed by atoms with Crippen molar-refractivity contribution < 1.29 is 14.7 Å². The van der Waals surface area contributed by atoms with Crippen molar-refractivity contribution in [2.24, 2.45) is 11.7 Å². The molecule has 92 valence electrons. The topological polar surface area (TPSA) is 118 Å². The normalized spacial score (nSPS) is 12.2. The van der Waals surface area contributed by atoms with Gasteiger partial charge in [0.2, 0.25) is 5.91 Å². The molecule has 0 aromatic carbocycles. The van der Waals surface area contributed by atoms with Gasteiger partial charge in [-0.3, -0.25) is 9.78 Å². The van der Waals surface area contributed by atoms with Gasteiger partial charge in [0.1, 0.15) is 11.9 Å². The van der Waals surface area contributed by atoms with E-state index in [0.717, 1.165) is 6.20 Å². The molecule has 1 aromatic rings. The fraction of sp³-hybridized carbons (Fsp3) is 0.400. The monoisotopic (exact) mass is 238 g/mol. The zero-order valence-electron chi connectivity index (χ0n) is 9.54. The minimum atomic E-state index is -1.18. The Kier molecular flexibility index (Phi) is 3.97. The molecule has 4 N–H and O–H groups in total. The number of rotatable bonds is 5. The SMILES string of the molecule is CC(C)C(Nc1cncc(C(=O)O)n1)C(N)=O. The second-order valence-electron chi connectivity index (χ2n) is 3.86. The third-order valence-electron chi connectivity index (χ3n) is 2.13. The van der Waals surface area contributed by atoms with Crippen LogP contribution in [0, 0.1) is 5.92 Å². The third kappa shape index (κ3) is 3.40. The van der Waals surface area contributed by atoms with Crippen molar-refractivity contribution in [3.8, 4) is 0 Å². The molecular formula is C10H14N4O3. The van der Waals surface area contributed by atoms with Crippen LogP contribution in [0.25, 0.3) is 0 Å². The molecule has 0 fully saturated rings. The van der Waals surface area contributed by atoms with E-state index in [0.29, 0.717) is 0 Å². The van der Waals surface area contributed by atoms with Gasteiger partial charge in [-0.2, -0.15) is 0 Å². The first-order valence-electron chi connectivity index (χ1n) is 5.03. The molecule has 0 aliphatic carbocycles. The summed E-state index contributed by atoms with van der Waals surface area (Å²) in [6.45, 7) is 3.63. The molecule has 1 amide bonds. The largest absolute Gasteiger partial charge is 0.476 e. The van der Waals surface area contributed by atoms with E-state index < -0.39 is 17.9 Å². The van der Waals surface area contributed by atoms with Crippen LogP contribution in [0.1, 0.15) is 24.3 Å². The van der Waals surface area contributed by atoms with Gasteiger partial charge in [0.05, 0.1) is 12.4 Å². The second kappa shape index (κ2) is 5.24. The molecule has 1 aromatic heterocycles. The van der Waals surface area contributed by atoms with E-state index in [2.05, 4.69) is 15.3 Å². The molecule has 0 saturated heterocycles. The molecule has 0 aliphatic rings. The van der Waals surface area contributed by atoms with Crippen LogP contribution in [-0.2, 0) is 4.79 Å². The van der Waals surface area contributed by atoms with E-state index >= 15 is 0 Å². The number of aromatic carboxylic acids is 1. The van der Waals surface area contributed by atoms with Gasteiger partial charge in [0.15, 0.2) is 5.69 Å². The Morgan fingerprint density at radius 1 is 1.41 bits per heavy atom. The molecule has 0 aliphatic heterocycles. The van der Waals surface area contributed by atoms with Gasteiger partial charge in [-0.25, -0.2) is 9.78 Å². The Bertz CT molecular complexity index is 433. The highest BCUT2D eigenvalue weighted by Crippen LogP contribution is 2.09. The average Bonchev–Trinajstić information content (AvgIpc) is 2.25. The molecule has 1 heterocycles. The summed E-state index contributed by atoms with van der Waals surface area (Å²) in [6.07, 6.45) is 2.47. The van der Waals surface area contributed by atoms with Crippen LogP contribution < -0.4 is 11.1 Å². The predicted octanol–water partition coefficient (Wildman–Crippen LogP) is 0.0966. The van der Waals surface area contributed by atoms with Gasteiger partial charge < -0.3 is 16.2 Å². The van der Waals surface area contributed by atoms with Crippen LogP contribution >= 0.6 is 0 Å². The number of primary amides is 1. The lowest BCUT2D eigenvalue weighted by molar-refractivity contribution is -0.119. The standard InChI is InChI=1S/C10H14N4O3/c1-5(2)8(9(11)15)14-7-4-12-3-6(13-7)10(16)17/h3-5,8H,1-2H3,(H2,11,15)(H,13,14)(H,16,17). The van der Waals surface area contributed by atoms with Crippen LogP contribution in [-0.4, -0.2) is 33.0 Å². The van der Waals surface area contributed by atoms with Crippen molar-refractivity contribution in [1.82, 2.24) is 9.97 Å². The number of carboxylic acids is 1. The molecule has 7 heteroatoms. The fourth-order valence-electron chi connectivity index (χ4n) is 1.26. The summed E-state index contributed by atoms with van der Waals surface area (Å²) >= 11 is 0. The lowest BCUT2D eigenvalue weighted by Crippen LogP contribution is -2.39. The number of nitrogens with one attached hydrogen (secondary N) is 1. The molecule has 0 spiro atoms. The molecular weight excluding hydrogens is 224 g/mol. The van der Waals surface area contributed by atoms with Crippen LogP contribution in [0.4, 0.5) is 5.82 Å². The van der Waals surface area contributed by atoms with Crippen LogP contribution in [0.3, 0.4) is 0 Å². The van der Waals surface area contributed by atoms with E-state index in [1.807, 2.05) is 13.8 Å². The van der Waals surface area contributed by atoms with Gasteiger partial charge in [-0.1, -0.05) is 13.8 Å².